The molecule has 0 spiro atoms. The summed E-state index contributed by atoms with van der Waals surface area (Å²) in [4.78, 5) is 25.6. The minimum Gasteiger partial charge on any atom is -0.467 e. The Balaban J connectivity index is 1.80. The molecule has 2 aromatic carbocycles. The maximum atomic E-state index is 13.9. The number of carbonyl (C=O) groups is 2. The van der Waals surface area contributed by atoms with E-state index in [0.717, 1.165) is 16.7 Å². The predicted octanol–water partition coefficient (Wildman–Crippen LogP) is 5.00. The van der Waals surface area contributed by atoms with Gasteiger partial charge in [0.2, 0.25) is 5.91 Å². The summed E-state index contributed by atoms with van der Waals surface area (Å²) in [6, 6.07) is 10.3. The van der Waals surface area contributed by atoms with Crippen LogP contribution < -0.4 is 5.32 Å². The quantitative estimate of drug-likeness (QED) is 0.614. The van der Waals surface area contributed by atoms with Crippen molar-refractivity contribution in [3.63, 3.8) is 0 Å². The van der Waals surface area contributed by atoms with Crippen LogP contribution in [0.2, 0.25) is 5.02 Å². The number of aryl methyl sites for hydroxylation is 1. The molecular formula is C25H29ClFNO4. The van der Waals surface area contributed by atoms with Crippen molar-refractivity contribution >= 4 is 23.5 Å². The van der Waals surface area contributed by atoms with E-state index < -0.39 is 17.3 Å². The van der Waals surface area contributed by atoms with Crippen LogP contribution in [0.3, 0.4) is 0 Å². The van der Waals surface area contributed by atoms with Crippen LogP contribution in [0.15, 0.2) is 36.4 Å². The summed E-state index contributed by atoms with van der Waals surface area (Å²) in [5.41, 5.74) is 1.81. The Hall–Kier alpha value is -2.44. The van der Waals surface area contributed by atoms with Crippen LogP contribution in [-0.4, -0.2) is 37.2 Å². The molecule has 7 heteroatoms. The molecule has 1 aliphatic rings. The fraction of sp³-hybridized carbons (Fsp3) is 0.440. The van der Waals surface area contributed by atoms with Gasteiger partial charge in [0.15, 0.2) is 0 Å². The molecule has 1 aliphatic carbocycles. The molecule has 3 rings (SSSR count). The van der Waals surface area contributed by atoms with Crippen LogP contribution >= 0.6 is 11.6 Å². The zero-order valence-electron chi connectivity index (χ0n) is 18.9. The SMILES string of the molecule is COC(=O)[C@]1(NC(=O)Cc2cc(-c3ccc(Cl)c(F)c3)ccc2C)CC[C@@](C)(OC)CC1. The average Bonchev–Trinajstić information content (AvgIpc) is 2.78. The summed E-state index contributed by atoms with van der Waals surface area (Å²) >= 11 is 5.79. The smallest absolute Gasteiger partial charge is 0.331 e. The average molecular weight is 462 g/mol. The number of methoxy groups -OCH3 is 2. The van der Waals surface area contributed by atoms with Gasteiger partial charge in [0.25, 0.3) is 0 Å². The number of rotatable bonds is 6. The molecule has 1 amide bonds. The Kier molecular flexibility index (Phi) is 7.25. The summed E-state index contributed by atoms with van der Waals surface area (Å²) < 4.78 is 24.5. The van der Waals surface area contributed by atoms with Crippen molar-refractivity contribution in [1.29, 1.82) is 0 Å². The first-order chi connectivity index (χ1) is 15.1. The summed E-state index contributed by atoms with van der Waals surface area (Å²) in [6.07, 6.45) is 2.25. The minimum absolute atomic E-state index is 0.0608. The molecule has 32 heavy (non-hydrogen) atoms. The highest BCUT2D eigenvalue weighted by molar-refractivity contribution is 6.30. The molecule has 0 bridgehead atoms. The fourth-order valence-electron chi connectivity index (χ4n) is 4.19. The van der Waals surface area contributed by atoms with Crippen LogP contribution in [0.5, 0.6) is 0 Å². The molecule has 0 aliphatic heterocycles. The summed E-state index contributed by atoms with van der Waals surface area (Å²) in [5.74, 6) is -1.20. The first-order valence-corrected chi connectivity index (χ1v) is 11.0. The second-order valence-corrected chi connectivity index (χ2v) is 9.13. The molecule has 0 unspecified atom stereocenters. The summed E-state index contributed by atoms with van der Waals surface area (Å²) in [6.45, 7) is 3.92. The first-order valence-electron chi connectivity index (χ1n) is 10.6. The van der Waals surface area contributed by atoms with Crippen molar-refractivity contribution in [3.8, 4) is 11.1 Å². The standard InChI is InChI=1S/C25H29ClFNO4/c1-16-5-6-17(18-7-8-20(26)21(27)14-18)13-19(16)15-22(29)28-25(23(30)31-3)11-9-24(2,32-4)10-12-25/h5-8,13-14H,9-12,15H2,1-4H3,(H,28,29)/t24-,25+. The molecule has 5 nitrogen and oxygen atoms in total. The molecule has 172 valence electrons. The maximum absolute atomic E-state index is 13.9. The first kappa shape index (κ1) is 24.2. The van der Waals surface area contributed by atoms with E-state index in [4.69, 9.17) is 21.1 Å². The Morgan fingerprint density at radius 1 is 1.06 bits per heavy atom. The van der Waals surface area contributed by atoms with E-state index in [-0.39, 0.29) is 23.0 Å². The van der Waals surface area contributed by atoms with Crippen LogP contribution in [-0.2, 0) is 25.5 Å². The lowest BCUT2D eigenvalue weighted by Gasteiger charge is -2.42. The van der Waals surface area contributed by atoms with Crippen LogP contribution in [0.1, 0.15) is 43.7 Å². The second kappa shape index (κ2) is 9.59. The van der Waals surface area contributed by atoms with Gasteiger partial charge in [-0.15, -0.1) is 0 Å². The zero-order valence-corrected chi connectivity index (χ0v) is 19.6. The lowest BCUT2D eigenvalue weighted by molar-refractivity contribution is -0.155. The molecule has 0 heterocycles. The minimum atomic E-state index is -1.06. The van der Waals surface area contributed by atoms with Gasteiger partial charge in [-0.3, -0.25) is 4.79 Å². The largest absolute Gasteiger partial charge is 0.467 e. The second-order valence-electron chi connectivity index (χ2n) is 8.72. The predicted molar refractivity (Wildman–Crippen MR) is 122 cm³/mol. The molecular weight excluding hydrogens is 433 g/mol. The highest BCUT2D eigenvalue weighted by atomic mass is 35.5. The highest BCUT2D eigenvalue weighted by Gasteiger charge is 2.47. The Bertz CT molecular complexity index is 1010. The van der Waals surface area contributed by atoms with Gasteiger partial charge in [0, 0.05) is 7.11 Å². The van der Waals surface area contributed by atoms with Crippen LogP contribution in [0.25, 0.3) is 11.1 Å². The third-order valence-electron chi connectivity index (χ3n) is 6.56. The molecule has 0 radical (unpaired) electrons. The van der Waals surface area contributed by atoms with E-state index in [1.165, 1.54) is 19.2 Å². The normalized spacial score (nSPS) is 22.9. The molecule has 1 N–H and O–H groups in total. The fourth-order valence-corrected chi connectivity index (χ4v) is 4.30. The lowest BCUT2D eigenvalue weighted by atomic mass is 9.74. The zero-order chi connectivity index (χ0) is 23.5. The third kappa shape index (κ3) is 5.13. The maximum Gasteiger partial charge on any atom is 0.331 e. The van der Waals surface area contributed by atoms with Gasteiger partial charge in [0.1, 0.15) is 11.4 Å². The number of benzene rings is 2. The van der Waals surface area contributed by atoms with Gasteiger partial charge in [-0.1, -0.05) is 35.9 Å². The molecule has 2 aromatic rings. The van der Waals surface area contributed by atoms with E-state index in [1.807, 2.05) is 32.0 Å². The van der Waals surface area contributed by atoms with Crippen molar-refractivity contribution in [1.82, 2.24) is 5.32 Å². The van der Waals surface area contributed by atoms with E-state index in [9.17, 15) is 14.0 Å². The van der Waals surface area contributed by atoms with Gasteiger partial charge in [-0.05, 0) is 73.9 Å². The number of nitrogens with one attached hydrogen (secondary N) is 1. The van der Waals surface area contributed by atoms with Crippen molar-refractivity contribution < 1.29 is 23.5 Å². The number of amides is 1. The Morgan fingerprint density at radius 2 is 1.69 bits per heavy atom. The van der Waals surface area contributed by atoms with Gasteiger partial charge in [0.05, 0.1) is 24.2 Å². The van der Waals surface area contributed by atoms with Gasteiger partial charge >= 0.3 is 5.97 Å². The van der Waals surface area contributed by atoms with Gasteiger partial charge in [-0.2, -0.15) is 0 Å². The molecule has 0 saturated heterocycles. The molecule has 1 fully saturated rings. The van der Waals surface area contributed by atoms with Crippen molar-refractivity contribution in [2.45, 2.75) is 57.1 Å². The van der Waals surface area contributed by atoms with E-state index >= 15 is 0 Å². The van der Waals surface area contributed by atoms with Gasteiger partial charge < -0.3 is 14.8 Å². The van der Waals surface area contributed by atoms with E-state index in [0.29, 0.717) is 31.2 Å². The van der Waals surface area contributed by atoms with Crippen molar-refractivity contribution in [3.05, 3.63) is 58.4 Å². The third-order valence-corrected chi connectivity index (χ3v) is 6.87. The molecule has 1 saturated carbocycles. The highest BCUT2D eigenvalue weighted by Crippen LogP contribution is 2.37. The van der Waals surface area contributed by atoms with Crippen LogP contribution in [0, 0.1) is 12.7 Å². The van der Waals surface area contributed by atoms with Crippen molar-refractivity contribution in [2.75, 3.05) is 14.2 Å². The Labute approximate surface area is 193 Å². The monoisotopic (exact) mass is 461 g/mol. The number of hydrogen-bond donors (Lipinski definition) is 1. The summed E-state index contributed by atoms with van der Waals surface area (Å²) in [7, 11) is 2.99. The number of halogens is 2. The molecule has 0 atom stereocenters. The van der Waals surface area contributed by atoms with E-state index in [2.05, 4.69) is 5.32 Å². The Morgan fingerprint density at radius 3 is 2.28 bits per heavy atom. The number of carbonyl (C=O) groups excluding carboxylic acids is 2. The van der Waals surface area contributed by atoms with Crippen LogP contribution in [0.4, 0.5) is 4.39 Å². The van der Waals surface area contributed by atoms with Crippen molar-refractivity contribution in [2.24, 2.45) is 0 Å². The number of esters is 1. The lowest BCUT2D eigenvalue weighted by Crippen LogP contribution is -2.59. The van der Waals surface area contributed by atoms with Gasteiger partial charge in [-0.25, -0.2) is 9.18 Å². The number of ether oxygens (including phenoxy) is 2. The topological polar surface area (TPSA) is 64.6 Å². The summed E-state index contributed by atoms with van der Waals surface area (Å²) in [5, 5.41) is 3.01. The van der Waals surface area contributed by atoms with E-state index in [1.54, 1.807) is 13.2 Å². The number of hydrogen-bond acceptors (Lipinski definition) is 4. The molecule has 0 aromatic heterocycles.